The van der Waals surface area contributed by atoms with Crippen LogP contribution >= 0.6 is 0 Å². The van der Waals surface area contributed by atoms with Crippen LogP contribution in [0.25, 0.3) is 0 Å². The van der Waals surface area contributed by atoms with Gasteiger partial charge in [-0.2, -0.15) is 0 Å². The summed E-state index contributed by atoms with van der Waals surface area (Å²) in [7, 11) is 0. The zero-order valence-corrected chi connectivity index (χ0v) is 8.61. The topological polar surface area (TPSA) is 51.8 Å². The van der Waals surface area contributed by atoms with Gasteiger partial charge >= 0.3 is 0 Å². The normalized spacial score (nSPS) is 27.5. The number of anilines is 1. The van der Waals surface area contributed by atoms with Gasteiger partial charge in [-0.25, -0.2) is 9.97 Å². The summed E-state index contributed by atoms with van der Waals surface area (Å²) in [6.45, 7) is 2.32. The molecule has 76 valence electrons. The maximum atomic E-state index is 5.64. The second-order valence-corrected chi connectivity index (χ2v) is 4.30. The fraction of sp³-hybridized carbons (Fsp3) is 0.636. The smallest absolute Gasteiger partial charge is 0.133 e. The summed E-state index contributed by atoms with van der Waals surface area (Å²) in [5.74, 6) is 2.94. The predicted octanol–water partition coefficient (Wildman–Crippen LogP) is 2.35. The Morgan fingerprint density at radius 1 is 1.29 bits per heavy atom. The molecule has 0 spiro atoms. The third-order valence-corrected chi connectivity index (χ3v) is 3.08. The molecule has 1 aromatic heterocycles. The van der Waals surface area contributed by atoms with Crippen LogP contribution in [0.4, 0.5) is 5.82 Å². The minimum atomic E-state index is 0.537. The van der Waals surface area contributed by atoms with Gasteiger partial charge in [0.2, 0.25) is 0 Å². The van der Waals surface area contributed by atoms with Gasteiger partial charge < -0.3 is 5.73 Å². The molecule has 0 amide bonds. The standard InChI is InChI=1S/C11H17N3/c1-8-2-4-9(5-3-8)11-13-7-6-10(12)14-11/h6-9H,2-5H2,1H3,(H2,12,13,14). The van der Waals surface area contributed by atoms with Crippen molar-refractivity contribution in [3.8, 4) is 0 Å². The molecule has 14 heavy (non-hydrogen) atoms. The van der Waals surface area contributed by atoms with E-state index in [4.69, 9.17) is 5.73 Å². The van der Waals surface area contributed by atoms with E-state index in [1.807, 2.05) is 0 Å². The summed E-state index contributed by atoms with van der Waals surface area (Å²) in [4.78, 5) is 8.59. The van der Waals surface area contributed by atoms with Crippen molar-refractivity contribution in [2.45, 2.75) is 38.5 Å². The molecule has 0 aromatic carbocycles. The fourth-order valence-corrected chi connectivity index (χ4v) is 2.10. The van der Waals surface area contributed by atoms with Gasteiger partial charge in [0.1, 0.15) is 11.6 Å². The Hall–Kier alpha value is -1.12. The Morgan fingerprint density at radius 2 is 2.00 bits per heavy atom. The van der Waals surface area contributed by atoms with E-state index in [1.165, 1.54) is 25.7 Å². The average Bonchev–Trinajstić information content (AvgIpc) is 2.19. The van der Waals surface area contributed by atoms with Crippen LogP contribution in [0.1, 0.15) is 44.3 Å². The summed E-state index contributed by atoms with van der Waals surface area (Å²) in [6.07, 6.45) is 6.77. The first-order valence-corrected chi connectivity index (χ1v) is 5.34. The molecule has 0 radical (unpaired) electrons. The van der Waals surface area contributed by atoms with E-state index in [0.29, 0.717) is 11.7 Å². The number of hydrogen-bond acceptors (Lipinski definition) is 3. The van der Waals surface area contributed by atoms with Crippen LogP contribution in [-0.2, 0) is 0 Å². The summed E-state index contributed by atoms with van der Waals surface area (Å²) in [5, 5.41) is 0. The third-order valence-electron chi connectivity index (χ3n) is 3.08. The van der Waals surface area contributed by atoms with Crippen LogP contribution in [0.15, 0.2) is 12.3 Å². The Morgan fingerprint density at radius 3 is 2.64 bits per heavy atom. The number of rotatable bonds is 1. The fourth-order valence-electron chi connectivity index (χ4n) is 2.10. The monoisotopic (exact) mass is 191 g/mol. The van der Waals surface area contributed by atoms with E-state index in [-0.39, 0.29) is 0 Å². The molecule has 2 rings (SSSR count). The van der Waals surface area contributed by atoms with Gasteiger partial charge in [-0.1, -0.05) is 19.8 Å². The average molecular weight is 191 g/mol. The van der Waals surface area contributed by atoms with Crippen molar-refractivity contribution in [2.24, 2.45) is 5.92 Å². The summed E-state index contributed by atoms with van der Waals surface area (Å²) >= 11 is 0. The van der Waals surface area contributed by atoms with Gasteiger partial charge in [0.05, 0.1) is 0 Å². The molecule has 0 bridgehead atoms. The zero-order chi connectivity index (χ0) is 9.97. The van der Waals surface area contributed by atoms with E-state index < -0.39 is 0 Å². The molecule has 1 heterocycles. The van der Waals surface area contributed by atoms with E-state index in [0.717, 1.165) is 11.7 Å². The van der Waals surface area contributed by atoms with Crippen molar-refractivity contribution in [1.82, 2.24) is 9.97 Å². The molecule has 1 saturated carbocycles. The lowest BCUT2D eigenvalue weighted by Crippen LogP contribution is -2.13. The Balaban J connectivity index is 2.08. The minimum Gasteiger partial charge on any atom is -0.384 e. The van der Waals surface area contributed by atoms with Crippen LogP contribution < -0.4 is 5.73 Å². The zero-order valence-electron chi connectivity index (χ0n) is 8.61. The summed E-state index contributed by atoms with van der Waals surface area (Å²) < 4.78 is 0. The number of nitrogens with zero attached hydrogens (tertiary/aromatic N) is 2. The van der Waals surface area contributed by atoms with E-state index in [1.54, 1.807) is 12.3 Å². The number of nitrogens with two attached hydrogens (primary N) is 1. The SMILES string of the molecule is CC1CCC(c2nccc(N)n2)CC1. The first kappa shape index (κ1) is 9.44. The summed E-state index contributed by atoms with van der Waals surface area (Å²) in [6, 6.07) is 1.74. The van der Waals surface area contributed by atoms with Gasteiger partial charge in [0, 0.05) is 12.1 Å². The van der Waals surface area contributed by atoms with E-state index in [9.17, 15) is 0 Å². The molecule has 3 nitrogen and oxygen atoms in total. The van der Waals surface area contributed by atoms with Gasteiger partial charge in [-0.15, -0.1) is 0 Å². The molecule has 2 N–H and O–H groups in total. The van der Waals surface area contributed by atoms with Gasteiger partial charge in [-0.3, -0.25) is 0 Å². The van der Waals surface area contributed by atoms with Crippen molar-refractivity contribution in [3.63, 3.8) is 0 Å². The lowest BCUT2D eigenvalue weighted by atomic mass is 9.82. The number of nitrogen functional groups attached to an aromatic ring is 1. The van der Waals surface area contributed by atoms with Crippen LogP contribution in [0.5, 0.6) is 0 Å². The molecule has 1 aliphatic carbocycles. The largest absolute Gasteiger partial charge is 0.384 e. The molecule has 0 unspecified atom stereocenters. The lowest BCUT2D eigenvalue weighted by molar-refractivity contribution is 0.340. The molecule has 3 heteroatoms. The van der Waals surface area contributed by atoms with Crippen LogP contribution in [0, 0.1) is 5.92 Å². The molecule has 0 aliphatic heterocycles. The Kier molecular flexibility index (Phi) is 2.66. The molecule has 1 aliphatic rings. The molecule has 0 saturated heterocycles. The number of aromatic nitrogens is 2. The van der Waals surface area contributed by atoms with E-state index >= 15 is 0 Å². The summed E-state index contributed by atoms with van der Waals surface area (Å²) in [5.41, 5.74) is 5.64. The second kappa shape index (κ2) is 3.95. The van der Waals surface area contributed by atoms with Gasteiger partial charge in [0.15, 0.2) is 0 Å². The molecular formula is C11H17N3. The number of hydrogen-bond donors (Lipinski definition) is 1. The maximum Gasteiger partial charge on any atom is 0.133 e. The minimum absolute atomic E-state index is 0.537. The quantitative estimate of drug-likeness (QED) is 0.741. The van der Waals surface area contributed by atoms with Crippen molar-refractivity contribution >= 4 is 5.82 Å². The highest BCUT2D eigenvalue weighted by Crippen LogP contribution is 2.33. The van der Waals surface area contributed by atoms with Gasteiger partial charge in [-0.05, 0) is 24.8 Å². The molecule has 1 fully saturated rings. The highest BCUT2D eigenvalue weighted by atomic mass is 14.9. The highest BCUT2D eigenvalue weighted by Gasteiger charge is 2.21. The maximum absolute atomic E-state index is 5.64. The Bertz CT molecular complexity index is 303. The van der Waals surface area contributed by atoms with Gasteiger partial charge in [0.25, 0.3) is 0 Å². The predicted molar refractivity (Wildman–Crippen MR) is 56.8 cm³/mol. The second-order valence-electron chi connectivity index (χ2n) is 4.30. The first-order chi connectivity index (χ1) is 6.75. The van der Waals surface area contributed by atoms with E-state index in [2.05, 4.69) is 16.9 Å². The molecule has 1 aromatic rings. The van der Waals surface area contributed by atoms with Crippen molar-refractivity contribution in [3.05, 3.63) is 18.1 Å². The Labute approximate surface area is 84.8 Å². The van der Waals surface area contributed by atoms with Crippen LogP contribution in [0.2, 0.25) is 0 Å². The first-order valence-electron chi connectivity index (χ1n) is 5.34. The van der Waals surface area contributed by atoms with Crippen molar-refractivity contribution in [2.75, 3.05) is 5.73 Å². The van der Waals surface area contributed by atoms with Crippen molar-refractivity contribution in [1.29, 1.82) is 0 Å². The molecular weight excluding hydrogens is 174 g/mol. The van der Waals surface area contributed by atoms with Crippen LogP contribution in [-0.4, -0.2) is 9.97 Å². The molecule has 0 atom stereocenters. The highest BCUT2D eigenvalue weighted by molar-refractivity contribution is 5.25. The van der Waals surface area contributed by atoms with Crippen molar-refractivity contribution < 1.29 is 0 Å². The van der Waals surface area contributed by atoms with Crippen LogP contribution in [0.3, 0.4) is 0 Å². The lowest BCUT2D eigenvalue weighted by Gasteiger charge is -2.24. The third kappa shape index (κ3) is 2.03.